The van der Waals surface area contributed by atoms with Gasteiger partial charge < -0.3 is 10.3 Å². The number of carbonyl (C=O) groups excluding carboxylic acids is 1. The van der Waals surface area contributed by atoms with E-state index < -0.39 is 17.3 Å². The van der Waals surface area contributed by atoms with E-state index in [-0.39, 0.29) is 22.8 Å². The molecule has 0 saturated heterocycles. The van der Waals surface area contributed by atoms with Crippen molar-refractivity contribution in [2.24, 2.45) is 0 Å². The highest BCUT2D eigenvalue weighted by Crippen LogP contribution is 2.17. The van der Waals surface area contributed by atoms with Gasteiger partial charge in [0.25, 0.3) is 11.5 Å². The van der Waals surface area contributed by atoms with E-state index in [1.165, 1.54) is 28.3 Å². The first-order chi connectivity index (χ1) is 13.5. The first-order valence-electron chi connectivity index (χ1n) is 8.94. The van der Waals surface area contributed by atoms with Crippen LogP contribution in [0.15, 0.2) is 47.3 Å². The molecule has 0 saturated carbocycles. The highest BCUT2D eigenvalue weighted by atomic mass is 19.1. The van der Waals surface area contributed by atoms with Gasteiger partial charge in [-0.15, -0.1) is 5.10 Å². The number of nitrogens with one attached hydrogen (secondary N) is 2. The fourth-order valence-corrected chi connectivity index (χ4v) is 3.17. The van der Waals surface area contributed by atoms with Crippen molar-refractivity contribution >= 4 is 22.5 Å². The lowest BCUT2D eigenvalue weighted by Gasteiger charge is -2.14. The minimum Gasteiger partial charge on any atom is -0.344 e. The third kappa shape index (κ3) is 3.02. The molecule has 2 N–H and O–H groups in total. The van der Waals surface area contributed by atoms with Crippen LogP contribution in [0.5, 0.6) is 0 Å². The number of aromatic nitrogens is 4. The van der Waals surface area contributed by atoms with Gasteiger partial charge in [0.15, 0.2) is 11.2 Å². The van der Waals surface area contributed by atoms with Crippen molar-refractivity contribution in [3.8, 4) is 0 Å². The minimum absolute atomic E-state index is 0.0186. The van der Waals surface area contributed by atoms with Gasteiger partial charge in [-0.1, -0.05) is 36.4 Å². The van der Waals surface area contributed by atoms with E-state index in [1.807, 2.05) is 31.2 Å². The summed E-state index contributed by atoms with van der Waals surface area (Å²) in [5, 5.41) is 10.7. The van der Waals surface area contributed by atoms with E-state index in [1.54, 1.807) is 0 Å². The second-order valence-corrected chi connectivity index (χ2v) is 6.60. The monoisotopic (exact) mass is 379 g/mol. The maximum Gasteiger partial charge on any atom is 0.277 e. The summed E-state index contributed by atoms with van der Waals surface area (Å²) in [7, 11) is 0. The highest BCUT2D eigenvalue weighted by molar-refractivity contribution is 5.99. The zero-order chi connectivity index (χ0) is 19.8. The SMILES string of the molecule is CCc1ccc(C(C)NC(=O)c2nnn3c2c(=O)[nH]c2cc(F)ccc23)cc1. The van der Waals surface area contributed by atoms with Crippen molar-refractivity contribution in [3.63, 3.8) is 0 Å². The Hall–Kier alpha value is -3.55. The Bertz CT molecular complexity index is 1240. The summed E-state index contributed by atoms with van der Waals surface area (Å²) in [5.74, 6) is -0.988. The molecule has 1 amide bonds. The molecule has 2 aromatic carbocycles. The van der Waals surface area contributed by atoms with E-state index in [0.717, 1.165) is 12.0 Å². The number of fused-ring (bicyclic) bond motifs is 3. The standard InChI is InChI=1S/C20H18FN5O2/c1-3-12-4-6-13(7-5-12)11(2)22-19(27)17-18-20(28)23-15-10-14(21)8-9-16(15)26(18)25-24-17/h4-11H,3H2,1-2H3,(H,22,27)(H,23,28). The van der Waals surface area contributed by atoms with E-state index in [0.29, 0.717) is 5.52 Å². The molecule has 0 aliphatic rings. The van der Waals surface area contributed by atoms with E-state index in [4.69, 9.17) is 0 Å². The largest absolute Gasteiger partial charge is 0.344 e. The Kier molecular flexibility index (Phi) is 4.38. The molecule has 142 valence electrons. The average molecular weight is 379 g/mol. The molecular formula is C20H18FN5O2. The van der Waals surface area contributed by atoms with E-state index in [2.05, 4.69) is 27.5 Å². The smallest absolute Gasteiger partial charge is 0.277 e. The fraction of sp³-hybridized carbons (Fsp3) is 0.200. The van der Waals surface area contributed by atoms with Gasteiger partial charge in [0.05, 0.1) is 17.1 Å². The Morgan fingerprint density at radius 3 is 2.71 bits per heavy atom. The summed E-state index contributed by atoms with van der Waals surface area (Å²) in [4.78, 5) is 27.8. The first-order valence-corrected chi connectivity index (χ1v) is 8.94. The quantitative estimate of drug-likeness (QED) is 0.570. The molecule has 0 bridgehead atoms. The lowest BCUT2D eigenvalue weighted by Crippen LogP contribution is -2.28. The van der Waals surface area contributed by atoms with Crippen molar-refractivity contribution in [2.45, 2.75) is 26.3 Å². The van der Waals surface area contributed by atoms with Crippen molar-refractivity contribution < 1.29 is 9.18 Å². The molecule has 2 heterocycles. The van der Waals surface area contributed by atoms with Gasteiger partial charge >= 0.3 is 0 Å². The van der Waals surface area contributed by atoms with Gasteiger partial charge in [-0.3, -0.25) is 9.59 Å². The number of benzene rings is 2. The molecule has 0 spiro atoms. The van der Waals surface area contributed by atoms with Crippen LogP contribution in [0.4, 0.5) is 4.39 Å². The molecule has 7 nitrogen and oxygen atoms in total. The molecule has 0 radical (unpaired) electrons. The normalized spacial score (nSPS) is 12.4. The number of carbonyl (C=O) groups is 1. The maximum absolute atomic E-state index is 13.4. The maximum atomic E-state index is 13.4. The number of hydrogen-bond donors (Lipinski definition) is 2. The van der Waals surface area contributed by atoms with Crippen LogP contribution in [0.2, 0.25) is 0 Å². The summed E-state index contributed by atoms with van der Waals surface area (Å²) < 4.78 is 14.7. The molecule has 1 unspecified atom stereocenters. The van der Waals surface area contributed by atoms with Gasteiger partial charge in [-0.05, 0) is 42.7 Å². The molecule has 0 aliphatic heterocycles. The number of aromatic amines is 1. The minimum atomic E-state index is -0.562. The van der Waals surface area contributed by atoms with Crippen LogP contribution in [0.25, 0.3) is 16.6 Å². The average Bonchev–Trinajstić information content (AvgIpc) is 3.14. The van der Waals surface area contributed by atoms with Crippen molar-refractivity contribution in [1.82, 2.24) is 25.1 Å². The van der Waals surface area contributed by atoms with Crippen LogP contribution in [-0.2, 0) is 6.42 Å². The van der Waals surface area contributed by atoms with Crippen molar-refractivity contribution in [3.05, 3.63) is 75.5 Å². The summed E-state index contributed by atoms with van der Waals surface area (Å²) >= 11 is 0. The van der Waals surface area contributed by atoms with E-state index in [9.17, 15) is 14.0 Å². The molecular weight excluding hydrogens is 361 g/mol. The van der Waals surface area contributed by atoms with Gasteiger partial charge in [-0.25, -0.2) is 8.91 Å². The second-order valence-electron chi connectivity index (χ2n) is 6.60. The Balaban J connectivity index is 1.69. The molecule has 2 aromatic heterocycles. The second kappa shape index (κ2) is 6.88. The number of nitrogens with zero attached hydrogens (tertiary/aromatic N) is 3. The van der Waals surface area contributed by atoms with Crippen molar-refractivity contribution in [1.29, 1.82) is 0 Å². The molecule has 8 heteroatoms. The van der Waals surface area contributed by atoms with Gasteiger partial charge in [-0.2, -0.15) is 0 Å². The molecule has 0 aliphatic carbocycles. The first kappa shape index (κ1) is 17.8. The van der Waals surface area contributed by atoms with Crippen LogP contribution in [0, 0.1) is 5.82 Å². The van der Waals surface area contributed by atoms with Gasteiger partial charge in [0.1, 0.15) is 5.82 Å². The number of rotatable bonds is 4. The number of hydrogen-bond acceptors (Lipinski definition) is 4. The lowest BCUT2D eigenvalue weighted by atomic mass is 10.0. The Labute approximate surface area is 159 Å². The summed E-state index contributed by atoms with van der Waals surface area (Å²) in [6, 6.07) is 11.6. The fourth-order valence-electron chi connectivity index (χ4n) is 3.17. The van der Waals surface area contributed by atoms with Gasteiger partial charge in [0.2, 0.25) is 0 Å². The Morgan fingerprint density at radius 2 is 2.00 bits per heavy atom. The van der Waals surface area contributed by atoms with Crippen molar-refractivity contribution in [2.75, 3.05) is 0 Å². The van der Waals surface area contributed by atoms with Crippen LogP contribution >= 0.6 is 0 Å². The predicted octanol–water partition coefficient (Wildman–Crippen LogP) is 2.76. The van der Waals surface area contributed by atoms with Crippen LogP contribution in [0.3, 0.4) is 0 Å². The molecule has 0 fully saturated rings. The lowest BCUT2D eigenvalue weighted by molar-refractivity contribution is 0.0936. The third-order valence-corrected chi connectivity index (χ3v) is 4.77. The molecule has 4 rings (SSSR count). The highest BCUT2D eigenvalue weighted by Gasteiger charge is 2.21. The predicted molar refractivity (Wildman–Crippen MR) is 103 cm³/mol. The number of halogens is 1. The summed E-state index contributed by atoms with van der Waals surface area (Å²) in [6.45, 7) is 3.93. The zero-order valence-electron chi connectivity index (χ0n) is 15.4. The molecule has 28 heavy (non-hydrogen) atoms. The number of amides is 1. The van der Waals surface area contributed by atoms with Crippen LogP contribution < -0.4 is 10.9 Å². The Morgan fingerprint density at radius 1 is 1.25 bits per heavy atom. The molecule has 1 atom stereocenters. The third-order valence-electron chi connectivity index (χ3n) is 4.77. The van der Waals surface area contributed by atoms with Crippen LogP contribution in [0.1, 0.15) is 41.5 Å². The zero-order valence-corrected chi connectivity index (χ0v) is 15.4. The topological polar surface area (TPSA) is 92.2 Å². The van der Waals surface area contributed by atoms with Gasteiger partial charge in [0, 0.05) is 0 Å². The summed E-state index contributed by atoms with van der Waals surface area (Å²) in [6.07, 6.45) is 0.938. The van der Waals surface area contributed by atoms with Crippen LogP contribution in [-0.4, -0.2) is 25.7 Å². The number of aryl methyl sites for hydroxylation is 1. The summed E-state index contributed by atoms with van der Waals surface area (Å²) in [5.41, 5.74) is 2.26. The van der Waals surface area contributed by atoms with E-state index >= 15 is 0 Å². The number of H-pyrrole nitrogens is 1. The molecule has 4 aromatic rings.